The minimum Gasteiger partial charge on any atom is -0.463 e. The number of ether oxygens (including phenoxy) is 3. The number of nitrogens with zero attached hydrogens (tertiary/aromatic N) is 2. The van der Waals surface area contributed by atoms with Gasteiger partial charge in [0.2, 0.25) is 6.79 Å². The molecule has 10 heteroatoms. The molecule has 3 aromatic rings. The van der Waals surface area contributed by atoms with Crippen molar-refractivity contribution in [2.45, 2.75) is 19.9 Å². The van der Waals surface area contributed by atoms with Gasteiger partial charge in [-0.05, 0) is 43.0 Å². The molecule has 2 aliphatic heterocycles. The van der Waals surface area contributed by atoms with Gasteiger partial charge in [0.1, 0.15) is 6.04 Å². The number of carbonyl (C=O) groups excluding carboxylic acids is 1. The van der Waals surface area contributed by atoms with Crippen LogP contribution in [0.3, 0.4) is 0 Å². The van der Waals surface area contributed by atoms with E-state index < -0.39 is 12.0 Å². The van der Waals surface area contributed by atoms with Crippen molar-refractivity contribution in [2.75, 3.05) is 13.4 Å². The summed E-state index contributed by atoms with van der Waals surface area (Å²) in [5.41, 5.74) is 1.29. The molecule has 0 saturated carbocycles. The van der Waals surface area contributed by atoms with Crippen LogP contribution in [0.15, 0.2) is 50.7 Å². The molecule has 1 atom stereocenters. The number of esters is 1. The van der Waals surface area contributed by atoms with Crippen LogP contribution in [0.2, 0.25) is 5.02 Å². The molecule has 0 radical (unpaired) electrons. The normalized spacial score (nSPS) is 17.3. The predicted octanol–water partition coefficient (Wildman–Crippen LogP) is 3.24. The highest BCUT2D eigenvalue weighted by molar-refractivity contribution is 7.10. The molecule has 2 aromatic heterocycles. The number of thiophene rings is 1. The lowest BCUT2D eigenvalue weighted by molar-refractivity contribution is -0.139. The zero-order valence-electron chi connectivity index (χ0n) is 17.1. The Morgan fingerprint density at radius 2 is 2.16 bits per heavy atom. The maximum Gasteiger partial charge on any atom is 0.338 e. The van der Waals surface area contributed by atoms with Crippen LogP contribution in [0.1, 0.15) is 30.3 Å². The number of hydrogen-bond donors (Lipinski definition) is 0. The molecule has 7 nitrogen and oxygen atoms in total. The minimum absolute atomic E-state index is 0.133. The zero-order chi connectivity index (χ0) is 22.4. The van der Waals surface area contributed by atoms with Gasteiger partial charge in [-0.25, -0.2) is 9.79 Å². The first-order valence-corrected chi connectivity index (χ1v) is 11.9. The highest BCUT2D eigenvalue weighted by atomic mass is 35.5. The summed E-state index contributed by atoms with van der Waals surface area (Å²) in [5.74, 6) is 0.673. The number of halogens is 1. The van der Waals surface area contributed by atoms with Crippen molar-refractivity contribution in [3.63, 3.8) is 0 Å². The van der Waals surface area contributed by atoms with Gasteiger partial charge < -0.3 is 14.2 Å². The van der Waals surface area contributed by atoms with E-state index in [9.17, 15) is 9.59 Å². The summed E-state index contributed by atoms with van der Waals surface area (Å²) in [7, 11) is 0. The largest absolute Gasteiger partial charge is 0.463 e. The van der Waals surface area contributed by atoms with E-state index in [4.69, 9.17) is 25.8 Å². The van der Waals surface area contributed by atoms with Crippen LogP contribution in [-0.2, 0) is 9.53 Å². The van der Waals surface area contributed by atoms with Crippen LogP contribution >= 0.6 is 34.3 Å². The van der Waals surface area contributed by atoms with Gasteiger partial charge in [0.25, 0.3) is 5.56 Å². The molecule has 0 saturated heterocycles. The highest BCUT2D eigenvalue weighted by Gasteiger charge is 2.33. The maximum atomic E-state index is 13.5. The van der Waals surface area contributed by atoms with Gasteiger partial charge in [0.15, 0.2) is 16.3 Å². The van der Waals surface area contributed by atoms with Crippen LogP contribution in [0.5, 0.6) is 11.5 Å². The molecule has 0 aliphatic carbocycles. The number of allylic oxidation sites excluding steroid dienone is 1. The number of aromatic nitrogens is 1. The molecule has 1 aromatic carbocycles. The van der Waals surface area contributed by atoms with Gasteiger partial charge in [0, 0.05) is 10.9 Å². The Hall–Kier alpha value is -2.88. The van der Waals surface area contributed by atoms with Crippen LogP contribution in [-0.4, -0.2) is 23.9 Å². The lowest BCUT2D eigenvalue weighted by Gasteiger charge is -2.23. The van der Waals surface area contributed by atoms with Gasteiger partial charge >= 0.3 is 5.97 Å². The van der Waals surface area contributed by atoms with E-state index in [1.165, 1.54) is 22.7 Å². The maximum absolute atomic E-state index is 13.5. The third-order valence-corrected chi connectivity index (χ3v) is 7.34. The van der Waals surface area contributed by atoms with Crippen molar-refractivity contribution in [1.29, 1.82) is 0 Å². The third-order valence-electron chi connectivity index (χ3n) is 5.11. The zero-order valence-corrected chi connectivity index (χ0v) is 19.5. The van der Waals surface area contributed by atoms with Crippen molar-refractivity contribution in [1.82, 2.24) is 4.57 Å². The Balaban J connectivity index is 1.70. The third kappa shape index (κ3) is 3.46. The Kier molecular flexibility index (Phi) is 5.40. The molecular weight excluding hydrogens is 472 g/mol. The standard InChI is InChI=1S/C22H17ClN2O5S2/c1-3-28-21(27)18-11(2)24-22-25(19(18)16-5-4-6-31-16)20(26)17(32-22)8-12-7-14-15(9-13(12)23)30-10-29-14/h4-9,19H,3,10H2,1-2H3/b17-8-. The molecule has 0 N–H and O–H groups in total. The lowest BCUT2D eigenvalue weighted by Crippen LogP contribution is -2.39. The first-order valence-electron chi connectivity index (χ1n) is 9.80. The summed E-state index contributed by atoms with van der Waals surface area (Å²) in [6.07, 6.45) is 1.71. The smallest absolute Gasteiger partial charge is 0.338 e. The van der Waals surface area contributed by atoms with Crippen LogP contribution in [0.25, 0.3) is 6.08 Å². The monoisotopic (exact) mass is 488 g/mol. The number of thiazole rings is 1. The summed E-state index contributed by atoms with van der Waals surface area (Å²) in [6.45, 7) is 3.88. The average molecular weight is 489 g/mol. The first kappa shape index (κ1) is 21.0. The second-order valence-corrected chi connectivity index (χ2v) is 9.44. The Morgan fingerprint density at radius 3 is 2.88 bits per heavy atom. The molecule has 4 heterocycles. The number of hydrogen-bond acceptors (Lipinski definition) is 8. The minimum atomic E-state index is -0.598. The Morgan fingerprint density at radius 1 is 1.38 bits per heavy atom. The van der Waals surface area contributed by atoms with Crippen LogP contribution in [0, 0.1) is 0 Å². The number of rotatable bonds is 4. The van der Waals surface area contributed by atoms with Gasteiger partial charge in [-0.2, -0.15) is 0 Å². The fourth-order valence-electron chi connectivity index (χ4n) is 3.69. The molecule has 0 amide bonds. The van der Waals surface area contributed by atoms with Crippen molar-refractivity contribution < 1.29 is 19.0 Å². The van der Waals surface area contributed by atoms with Crippen molar-refractivity contribution in [3.05, 3.63) is 76.1 Å². The highest BCUT2D eigenvalue weighted by Crippen LogP contribution is 2.37. The Labute approximate surface area is 195 Å². The van der Waals surface area contributed by atoms with Crippen LogP contribution in [0.4, 0.5) is 0 Å². The number of carbonyl (C=O) groups is 1. The van der Waals surface area contributed by atoms with Gasteiger partial charge in [-0.3, -0.25) is 9.36 Å². The van der Waals surface area contributed by atoms with Crippen molar-refractivity contribution >= 4 is 46.3 Å². The van der Waals surface area contributed by atoms with Crippen molar-refractivity contribution in [2.24, 2.45) is 4.99 Å². The summed E-state index contributed by atoms with van der Waals surface area (Å²) >= 11 is 9.13. The molecule has 2 aliphatic rings. The predicted molar refractivity (Wildman–Crippen MR) is 122 cm³/mol. The van der Waals surface area contributed by atoms with Gasteiger partial charge in [-0.15, -0.1) is 11.3 Å². The second-order valence-electron chi connectivity index (χ2n) is 7.04. The quantitative estimate of drug-likeness (QED) is 0.527. The van der Waals surface area contributed by atoms with E-state index in [0.717, 1.165) is 4.88 Å². The van der Waals surface area contributed by atoms with Crippen molar-refractivity contribution in [3.8, 4) is 11.5 Å². The summed E-state index contributed by atoms with van der Waals surface area (Å²) < 4.78 is 18.1. The van der Waals surface area contributed by atoms with E-state index in [1.807, 2.05) is 17.5 Å². The first-order chi connectivity index (χ1) is 15.5. The molecule has 0 fully saturated rings. The fourth-order valence-corrected chi connectivity index (χ4v) is 5.76. The molecule has 0 spiro atoms. The van der Waals surface area contributed by atoms with E-state index in [1.54, 1.807) is 36.6 Å². The SMILES string of the molecule is CCOC(=O)C1=C(C)N=c2s/c(=C\c3cc4c(cc3Cl)OCO4)c(=O)n2C1c1cccs1. The molecule has 164 valence electrons. The Bertz CT molecular complexity index is 1440. The lowest BCUT2D eigenvalue weighted by atomic mass is 10.0. The van der Waals surface area contributed by atoms with E-state index in [2.05, 4.69) is 4.99 Å². The number of benzene rings is 1. The van der Waals surface area contributed by atoms with E-state index >= 15 is 0 Å². The molecule has 5 rings (SSSR count). The molecule has 32 heavy (non-hydrogen) atoms. The molecule has 1 unspecified atom stereocenters. The van der Waals surface area contributed by atoms with E-state index in [0.29, 0.717) is 42.7 Å². The second kappa shape index (κ2) is 8.23. The van der Waals surface area contributed by atoms with E-state index in [-0.39, 0.29) is 19.0 Å². The average Bonchev–Trinajstić information content (AvgIpc) is 3.49. The topological polar surface area (TPSA) is 79.1 Å². The summed E-state index contributed by atoms with van der Waals surface area (Å²) in [5, 5.41) is 2.36. The van der Waals surface area contributed by atoms with Crippen LogP contribution < -0.4 is 24.4 Å². The van der Waals surface area contributed by atoms with Gasteiger partial charge in [0.05, 0.1) is 27.4 Å². The number of fused-ring (bicyclic) bond motifs is 2. The fraction of sp³-hybridized carbons (Fsp3) is 0.227. The summed E-state index contributed by atoms with van der Waals surface area (Å²) in [4.78, 5) is 32.2. The molecular formula is C22H17ClN2O5S2. The summed E-state index contributed by atoms with van der Waals surface area (Å²) in [6, 6.07) is 6.61. The molecule has 0 bridgehead atoms. The van der Waals surface area contributed by atoms with Gasteiger partial charge in [-0.1, -0.05) is 29.0 Å².